The number of ether oxygens (including phenoxy) is 1. The van der Waals surface area contributed by atoms with Crippen molar-refractivity contribution in [2.45, 2.75) is 26.8 Å². The number of phenolic OH excluding ortho intramolecular Hbond substituents is 1. The van der Waals surface area contributed by atoms with Crippen LogP contribution in [0.25, 0.3) is 10.9 Å². The van der Waals surface area contributed by atoms with E-state index >= 15 is 0 Å². The van der Waals surface area contributed by atoms with Crippen LogP contribution >= 0.6 is 0 Å². The quantitative estimate of drug-likeness (QED) is 0.466. The fourth-order valence-corrected chi connectivity index (χ4v) is 3.70. The summed E-state index contributed by atoms with van der Waals surface area (Å²) in [7, 11) is 1.66. The van der Waals surface area contributed by atoms with Gasteiger partial charge in [-0.1, -0.05) is 24.3 Å². The lowest BCUT2D eigenvalue weighted by Gasteiger charge is -2.23. The summed E-state index contributed by atoms with van der Waals surface area (Å²) in [5.41, 5.74) is 5.33. The number of phenols is 1. The monoisotopic (exact) mass is 399 g/mol. The zero-order valence-corrected chi connectivity index (χ0v) is 17.6. The molecule has 1 atom stereocenters. The molecule has 2 aromatic carbocycles. The van der Waals surface area contributed by atoms with Gasteiger partial charge in [0.25, 0.3) is 0 Å². The van der Waals surface area contributed by atoms with Crippen LogP contribution in [0.4, 0.5) is 5.82 Å². The summed E-state index contributed by atoms with van der Waals surface area (Å²) in [4.78, 5) is 9.02. The number of hydrogen-bond acceptors (Lipinski definition) is 5. The zero-order chi connectivity index (χ0) is 21.3. The van der Waals surface area contributed by atoms with Crippen LogP contribution in [0.3, 0.4) is 0 Å². The van der Waals surface area contributed by atoms with E-state index in [-0.39, 0.29) is 11.8 Å². The highest BCUT2D eigenvalue weighted by atomic mass is 16.5. The van der Waals surface area contributed by atoms with E-state index in [1.807, 2.05) is 69.3 Å². The second-order valence-electron chi connectivity index (χ2n) is 7.55. The van der Waals surface area contributed by atoms with E-state index in [1.165, 1.54) is 0 Å². The molecule has 4 aromatic rings. The Morgan fingerprint density at radius 1 is 0.967 bits per heavy atom. The van der Waals surface area contributed by atoms with Crippen LogP contribution < -0.4 is 10.1 Å². The van der Waals surface area contributed by atoms with Crippen molar-refractivity contribution in [3.63, 3.8) is 0 Å². The van der Waals surface area contributed by atoms with E-state index in [0.717, 1.165) is 44.9 Å². The van der Waals surface area contributed by atoms with Crippen LogP contribution in [0.1, 0.15) is 34.0 Å². The number of aromatic nitrogens is 2. The van der Waals surface area contributed by atoms with Crippen molar-refractivity contribution in [3.05, 3.63) is 88.7 Å². The van der Waals surface area contributed by atoms with Gasteiger partial charge in [-0.3, -0.25) is 0 Å². The molecule has 0 saturated heterocycles. The van der Waals surface area contributed by atoms with E-state index < -0.39 is 0 Å². The highest BCUT2D eigenvalue weighted by Gasteiger charge is 2.21. The summed E-state index contributed by atoms with van der Waals surface area (Å²) < 4.78 is 5.42. The SMILES string of the molecule is COc1ccc(C(Nc2cc(C)ccn2)c2ccc3ccc(C)nc3c2O)cc1C. The van der Waals surface area contributed by atoms with Crippen LogP contribution in [0.15, 0.2) is 60.8 Å². The first-order valence-electron chi connectivity index (χ1n) is 9.89. The van der Waals surface area contributed by atoms with Crippen molar-refractivity contribution in [1.29, 1.82) is 0 Å². The molecule has 0 spiro atoms. The first-order valence-corrected chi connectivity index (χ1v) is 9.89. The molecule has 0 aliphatic carbocycles. The molecule has 2 N–H and O–H groups in total. The van der Waals surface area contributed by atoms with E-state index in [1.54, 1.807) is 13.3 Å². The Morgan fingerprint density at radius 3 is 2.50 bits per heavy atom. The Hall–Kier alpha value is -3.60. The normalized spacial score (nSPS) is 12.0. The van der Waals surface area contributed by atoms with Crippen molar-refractivity contribution >= 4 is 16.7 Å². The topological polar surface area (TPSA) is 67.3 Å². The first kappa shape index (κ1) is 19.7. The highest BCUT2D eigenvalue weighted by Crippen LogP contribution is 2.37. The third-order valence-corrected chi connectivity index (χ3v) is 5.28. The lowest BCUT2D eigenvalue weighted by molar-refractivity contribution is 0.411. The van der Waals surface area contributed by atoms with Gasteiger partial charge in [-0.05, 0) is 67.8 Å². The molecule has 0 saturated carbocycles. The maximum atomic E-state index is 11.2. The van der Waals surface area contributed by atoms with Crippen LogP contribution in [0.5, 0.6) is 11.5 Å². The Balaban J connectivity index is 1.87. The minimum atomic E-state index is -0.310. The molecular weight excluding hydrogens is 374 g/mol. The van der Waals surface area contributed by atoms with Gasteiger partial charge in [-0.25, -0.2) is 9.97 Å². The van der Waals surface area contributed by atoms with E-state index in [4.69, 9.17) is 4.74 Å². The van der Waals surface area contributed by atoms with Gasteiger partial charge in [0.1, 0.15) is 22.8 Å². The number of methoxy groups -OCH3 is 1. The number of nitrogens with zero attached hydrogens (tertiary/aromatic N) is 2. The average molecular weight is 399 g/mol. The van der Waals surface area contributed by atoms with Crippen molar-refractivity contribution in [1.82, 2.24) is 9.97 Å². The number of fused-ring (bicyclic) bond motifs is 1. The number of anilines is 1. The van der Waals surface area contributed by atoms with Gasteiger partial charge in [-0.2, -0.15) is 0 Å². The molecule has 0 aliphatic heterocycles. The Labute approximate surface area is 176 Å². The molecule has 152 valence electrons. The third kappa shape index (κ3) is 3.79. The molecule has 0 amide bonds. The van der Waals surface area contributed by atoms with Crippen LogP contribution in [0.2, 0.25) is 0 Å². The Kier molecular flexibility index (Phi) is 5.27. The number of aryl methyl sites for hydroxylation is 3. The molecule has 2 aromatic heterocycles. The van der Waals surface area contributed by atoms with Gasteiger partial charge in [-0.15, -0.1) is 0 Å². The standard InChI is InChI=1S/C25H25N3O2/c1-15-11-12-26-22(13-15)28-23(19-8-10-21(30-4)16(2)14-19)20-9-7-18-6-5-17(3)27-24(18)25(20)29/h5-14,23,29H,1-4H3,(H,26,28). The van der Waals surface area contributed by atoms with E-state index in [2.05, 4.69) is 21.4 Å². The average Bonchev–Trinajstić information content (AvgIpc) is 2.73. The number of aromatic hydroxyl groups is 1. The second-order valence-corrected chi connectivity index (χ2v) is 7.55. The predicted octanol–water partition coefficient (Wildman–Crippen LogP) is 5.47. The van der Waals surface area contributed by atoms with Gasteiger partial charge in [0, 0.05) is 22.8 Å². The molecule has 5 heteroatoms. The van der Waals surface area contributed by atoms with Crippen molar-refractivity contribution in [2.24, 2.45) is 0 Å². The summed E-state index contributed by atoms with van der Waals surface area (Å²) in [5.74, 6) is 1.74. The molecule has 0 bridgehead atoms. The highest BCUT2D eigenvalue weighted by molar-refractivity contribution is 5.86. The molecule has 0 aliphatic rings. The number of pyridine rings is 2. The molecule has 2 heterocycles. The smallest absolute Gasteiger partial charge is 0.147 e. The Bertz CT molecular complexity index is 1220. The van der Waals surface area contributed by atoms with Gasteiger partial charge >= 0.3 is 0 Å². The molecule has 30 heavy (non-hydrogen) atoms. The minimum Gasteiger partial charge on any atom is -0.505 e. The van der Waals surface area contributed by atoms with E-state index in [0.29, 0.717) is 5.52 Å². The fourth-order valence-electron chi connectivity index (χ4n) is 3.70. The lowest BCUT2D eigenvalue weighted by atomic mass is 9.94. The maximum Gasteiger partial charge on any atom is 0.147 e. The maximum absolute atomic E-state index is 11.2. The molecule has 0 radical (unpaired) electrons. The number of rotatable bonds is 5. The van der Waals surface area contributed by atoms with Gasteiger partial charge in [0.15, 0.2) is 0 Å². The molecule has 1 unspecified atom stereocenters. The van der Waals surface area contributed by atoms with Crippen molar-refractivity contribution in [3.8, 4) is 11.5 Å². The Morgan fingerprint density at radius 2 is 1.77 bits per heavy atom. The first-order chi connectivity index (χ1) is 14.5. The molecule has 0 fully saturated rings. The van der Waals surface area contributed by atoms with Gasteiger partial charge in [0.05, 0.1) is 13.2 Å². The molecular formula is C25H25N3O2. The lowest BCUT2D eigenvalue weighted by Crippen LogP contribution is -2.14. The van der Waals surface area contributed by atoms with E-state index in [9.17, 15) is 5.11 Å². The number of benzene rings is 2. The predicted molar refractivity (Wildman–Crippen MR) is 120 cm³/mol. The third-order valence-electron chi connectivity index (χ3n) is 5.28. The molecule has 4 rings (SSSR count). The summed E-state index contributed by atoms with van der Waals surface area (Å²) in [6.45, 7) is 5.96. The number of hydrogen-bond donors (Lipinski definition) is 2. The van der Waals surface area contributed by atoms with Crippen LogP contribution in [0, 0.1) is 20.8 Å². The molecule has 5 nitrogen and oxygen atoms in total. The second kappa shape index (κ2) is 8.03. The van der Waals surface area contributed by atoms with Crippen molar-refractivity contribution in [2.75, 3.05) is 12.4 Å². The zero-order valence-electron chi connectivity index (χ0n) is 17.6. The summed E-state index contributed by atoms with van der Waals surface area (Å²) >= 11 is 0. The number of nitrogens with one attached hydrogen (secondary N) is 1. The minimum absolute atomic E-state index is 0.176. The van der Waals surface area contributed by atoms with Crippen LogP contribution in [-0.4, -0.2) is 22.2 Å². The van der Waals surface area contributed by atoms with Crippen LogP contribution in [-0.2, 0) is 0 Å². The summed E-state index contributed by atoms with van der Waals surface area (Å²) in [5, 5.41) is 15.6. The summed E-state index contributed by atoms with van der Waals surface area (Å²) in [6.07, 6.45) is 1.78. The van der Waals surface area contributed by atoms with Gasteiger partial charge < -0.3 is 15.2 Å². The van der Waals surface area contributed by atoms with Gasteiger partial charge in [0.2, 0.25) is 0 Å². The summed E-state index contributed by atoms with van der Waals surface area (Å²) in [6, 6.07) is 17.5. The fraction of sp³-hybridized carbons (Fsp3) is 0.200. The van der Waals surface area contributed by atoms with Crippen molar-refractivity contribution < 1.29 is 9.84 Å². The largest absolute Gasteiger partial charge is 0.505 e.